The van der Waals surface area contributed by atoms with Crippen LogP contribution in [0.25, 0.3) is 0 Å². The third-order valence-corrected chi connectivity index (χ3v) is 3.18. The summed E-state index contributed by atoms with van der Waals surface area (Å²) in [5.74, 6) is -0.389. The van der Waals surface area contributed by atoms with Crippen LogP contribution in [0.3, 0.4) is 0 Å². The largest absolute Gasteiger partial charge is 0.469 e. The Morgan fingerprint density at radius 3 is 2.67 bits per heavy atom. The Labute approximate surface area is 115 Å². The SMILES string of the molecule is COC(=O)CC(O)C(O)c1ccc(Cl)c(CCl)c1. The number of esters is 1. The van der Waals surface area contributed by atoms with Gasteiger partial charge in [-0.05, 0) is 17.2 Å². The van der Waals surface area contributed by atoms with Gasteiger partial charge in [-0.2, -0.15) is 0 Å². The first-order valence-electron chi connectivity index (χ1n) is 5.26. The molecule has 0 aliphatic heterocycles. The molecule has 18 heavy (non-hydrogen) atoms. The zero-order chi connectivity index (χ0) is 13.7. The average molecular weight is 293 g/mol. The number of benzene rings is 1. The van der Waals surface area contributed by atoms with Gasteiger partial charge in [0.2, 0.25) is 0 Å². The van der Waals surface area contributed by atoms with Crippen molar-refractivity contribution >= 4 is 29.2 Å². The summed E-state index contributed by atoms with van der Waals surface area (Å²) in [7, 11) is 1.22. The molecule has 0 fully saturated rings. The maximum Gasteiger partial charge on any atom is 0.308 e. The first-order valence-corrected chi connectivity index (χ1v) is 6.18. The minimum absolute atomic E-state index is 0.201. The Balaban J connectivity index is 2.83. The second kappa shape index (κ2) is 6.95. The van der Waals surface area contributed by atoms with Crippen LogP contribution in [-0.2, 0) is 15.4 Å². The van der Waals surface area contributed by atoms with Gasteiger partial charge in [0, 0.05) is 10.9 Å². The van der Waals surface area contributed by atoms with Crippen LogP contribution in [0.5, 0.6) is 0 Å². The van der Waals surface area contributed by atoms with Gasteiger partial charge in [-0.1, -0.05) is 23.7 Å². The predicted octanol–water partition coefficient (Wildman–Crippen LogP) is 2.04. The molecule has 2 unspecified atom stereocenters. The highest BCUT2D eigenvalue weighted by Crippen LogP contribution is 2.25. The quantitative estimate of drug-likeness (QED) is 0.644. The van der Waals surface area contributed by atoms with E-state index in [4.69, 9.17) is 23.2 Å². The number of carbonyl (C=O) groups is 1. The fraction of sp³-hybridized carbons (Fsp3) is 0.417. The van der Waals surface area contributed by atoms with Crippen LogP contribution in [0, 0.1) is 0 Å². The van der Waals surface area contributed by atoms with Gasteiger partial charge in [-0.3, -0.25) is 4.79 Å². The molecular formula is C12H14Cl2O4. The lowest BCUT2D eigenvalue weighted by Gasteiger charge is -2.18. The third-order valence-electron chi connectivity index (χ3n) is 2.52. The highest BCUT2D eigenvalue weighted by Gasteiger charge is 2.22. The van der Waals surface area contributed by atoms with E-state index in [9.17, 15) is 15.0 Å². The number of carbonyl (C=O) groups excluding carboxylic acids is 1. The van der Waals surface area contributed by atoms with Crippen molar-refractivity contribution in [3.63, 3.8) is 0 Å². The molecule has 0 amide bonds. The summed E-state index contributed by atoms with van der Waals surface area (Å²) in [4.78, 5) is 11.0. The summed E-state index contributed by atoms with van der Waals surface area (Å²) in [5, 5.41) is 20.1. The van der Waals surface area contributed by atoms with E-state index in [1.165, 1.54) is 7.11 Å². The number of rotatable bonds is 5. The lowest BCUT2D eigenvalue weighted by molar-refractivity contribution is -0.144. The van der Waals surface area contributed by atoms with Crippen molar-refractivity contribution in [2.45, 2.75) is 24.5 Å². The van der Waals surface area contributed by atoms with Gasteiger partial charge in [0.1, 0.15) is 6.10 Å². The van der Waals surface area contributed by atoms with Crippen molar-refractivity contribution in [2.24, 2.45) is 0 Å². The summed E-state index contributed by atoms with van der Waals surface area (Å²) in [6.07, 6.45) is -2.71. The number of methoxy groups -OCH3 is 1. The van der Waals surface area contributed by atoms with Crippen LogP contribution in [0.2, 0.25) is 5.02 Å². The monoisotopic (exact) mass is 292 g/mol. The molecule has 1 rings (SSSR count). The van der Waals surface area contributed by atoms with Crippen LogP contribution in [0.15, 0.2) is 18.2 Å². The second-order valence-corrected chi connectivity index (χ2v) is 4.45. The fourth-order valence-corrected chi connectivity index (χ4v) is 1.94. The van der Waals surface area contributed by atoms with Crippen molar-refractivity contribution in [1.29, 1.82) is 0 Å². The van der Waals surface area contributed by atoms with Gasteiger partial charge in [-0.15, -0.1) is 11.6 Å². The van der Waals surface area contributed by atoms with E-state index >= 15 is 0 Å². The van der Waals surface area contributed by atoms with Crippen molar-refractivity contribution in [3.8, 4) is 0 Å². The van der Waals surface area contributed by atoms with E-state index in [1.807, 2.05) is 0 Å². The molecule has 0 saturated carbocycles. The summed E-state index contributed by atoms with van der Waals surface area (Å²) < 4.78 is 4.42. The Kier molecular flexibility index (Phi) is 5.88. The maximum atomic E-state index is 11.0. The number of halogens is 2. The molecule has 100 valence electrons. The Bertz CT molecular complexity index is 423. The van der Waals surface area contributed by atoms with Gasteiger partial charge < -0.3 is 14.9 Å². The van der Waals surface area contributed by atoms with E-state index in [0.717, 1.165) is 0 Å². The van der Waals surface area contributed by atoms with Crippen LogP contribution in [0.4, 0.5) is 0 Å². The molecule has 1 aromatic rings. The summed E-state index contributed by atoms with van der Waals surface area (Å²) in [5.41, 5.74) is 1.10. The summed E-state index contributed by atoms with van der Waals surface area (Å²) in [6, 6.07) is 4.76. The molecule has 0 saturated heterocycles. The van der Waals surface area contributed by atoms with E-state index in [0.29, 0.717) is 16.1 Å². The highest BCUT2D eigenvalue weighted by molar-refractivity contribution is 6.32. The molecule has 2 N–H and O–H groups in total. The predicted molar refractivity (Wildman–Crippen MR) is 68.6 cm³/mol. The first kappa shape index (κ1) is 15.2. The zero-order valence-electron chi connectivity index (χ0n) is 9.77. The Morgan fingerprint density at radius 2 is 2.11 bits per heavy atom. The van der Waals surface area contributed by atoms with Crippen molar-refractivity contribution in [1.82, 2.24) is 0 Å². The molecule has 6 heteroatoms. The summed E-state index contributed by atoms with van der Waals surface area (Å²) in [6.45, 7) is 0. The van der Waals surface area contributed by atoms with Gasteiger partial charge in [0.25, 0.3) is 0 Å². The third kappa shape index (κ3) is 3.85. The minimum atomic E-state index is -1.23. The molecule has 0 bridgehead atoms. The maximum absolute atomic E-state index is 11.0. The number of ether oxygens (including phenoxy) is 1. The molecule has 4 nitrogen and oxygen atoms in total. The van der Waals surface area contributed by atoms with Crippen molar-refractivity contribution in [2.75, 3.05) is 7.11 Å². The normalized spacial score (nSPS) is 14.1. The van der Waals surface area contributed by atoms with Crippen molar-refractivity contribution < 1.29 is 19.7 Å². The van der Waals surface area contributed by atoms with Crippen LogP contribution < -0.4 is 0 Å². The van der Waals surface area contributed by atoms with Crippen LogP contribution in [0.1, 0.15) is 23.7 Å². The topological polar surface area (TPSA) is 66.8 Å². The molecule has 1 aromatic carbocycles. The Morgan fingerprint density at radius 1 is 1.44 bits per heavy atom. The smallest absolute Gasteiger partial charge is 0.308 e. The minimum Gasteiger partial charge on any atom is -0.469 e. The van der Waals surface area contributed by atoms with Gasteiger partial charge >= 0.3 is 5.97 Å². The van der Waals surface area contributed by atoms with Gasteiger partial charge in [0.15, 0.2) is 0 Å². The van der Waals surface area contributed by atoms with Gasteiger partial charge in [-0.25, -0.2) is 0 Å². The lowest BCUT2D eigenvalue weighted by atomic mass is 10.0. The molecule has 0 aliphatic rings. The zero-order valence-corrected chi connectivity index (χ0v) is 11.3. The molecule has 0 spiro atoms. The Hall–Kier alpha value is -0.810. The molecule has 0 aromatic heterocycles. The van der Waals surface area contributed by atoms with E-state index < -0.39 is 18.2 Å². The molecule has 0 radical (unpaired) electrons. The number of hydrogen-bond acceptors (Lipinski definition) is 4. The van der Waals surface area contributed by atoms with Crippen molar-refractivity contribution in [3.05, 3.63) is 34.3 Å². The molecule has 2 atom stereocenters. The number of aliphatic hydroxyl groups is 2. The lowest BCUT2D eigenvalue weighted by Crippen LogP contribution is -2.22. The number of aliphatic hydroxyl groups excluding tert-OH is 2. The van der Waals surface area contributed by atoms with Crippen LogP contribution >= 0.6 is 23.2 Å². The fourth-order valence-electron chi connectivity index (χ4n) is 1.47. The average Bonchev–Trinajstić information content (AvgIpc) is 2.38. The second-order valence-electron chi connectivity index (χ2n) is 3.78. The van der Waals surface area contributed by atoms with Crippen LogP contribution in [-0.4, -0.2) is 29.4 Å². The van der Waals surface area contributed by atoms with E-state index in [2.05, 4.69) is 4.74 Å². The first-order chi connectivity index (χ1) is 8.49. The summed E-state index contributed by atoms with van der Waals surface area (Å²) >= 11 is 11.6. The molecule has 0 heterocycles. The highest BCUT2D eigenvalue weighted by atomic mass is 35.5. The molecular weight excluding hydrogens is 279 g/mol. The van der Waals surface area contributed by atoms with Gasteiger partial charge in [0.05, 0.1) is 19.6 Å². The van der Waals surface area contributed by atoms with E-state index in [-0.39, 0.29) is 12.3 Å². The number of hydrogen-bond donors (Lipinski definition) is 2. The number of alkyl halides is 1. The standard InChI is InChI=1S/C12H14Cl2O4/c1-18-11(16)5-10(15)12(17)7-2-3-9(14)8(4-7)6-13/h2-4,10,12,15,17H,5-6H2,1H3. The molecule has 0 aliphatic carbocycles. The van der Waals surface area contributed by atoms with E-state index in [1.54, 1.807) is 18.2 Å².